The summed E-state index contributed by atoms with van der Waals surface area (Å²) in [5.41, 5.74) is 10.5. The van der Waals surface area contributed by atoms with Crippen molar-refractivity contribution in [2.24, 2.45) is 11.7 Å². The molecule has 2 N–H and O–H groups in total. The maximum Gasteiger partial charge on any atom is 0.123 e. The topological polar surface area (TPSA) is 35.2 Å². The molecular weight excluding hydrogens is 234 g/mol. The minimum absolute atomic E-state index is 0.0311. The summed E-state index contributed by atoms with van der Waals surface area (Å²) in [7, 11) is 1.70. The molecule has 0 saturated carbocycles. The minimum atomic E-state index is 0.0311. The van der Waals surface area contributed by atoms with E-state index in [1.165, 1.54) is 11.1 Å². The van der Waals surface area contributed by atoms with Gasteiger partial charge in [-0.15, -0.1) is 0 Å². The van der Waals surface area contributed by atoms with Gasteiger partial charge in [0.05, 0.1) is 7.11 Å². The lowest BCUT2D eigenvalue weighted by atomic mass is 9.91. The predicted octanol–water partition coefficient (Wildman–Crippen LogP) is 3.11. The molecule has 1 aliphatic carbocycles. The van der Waals surface area contributed by atoms with Gasteiger partial charge in [0.2, 0.25) is 0 Å². The van der Waals surface area contributed by atoms with Crippen molar-refractivity contribution >= 4 is 0 Å². The van der Waals surface area contributed by atoms with Crippen molar-refractivity contribution in [2.45, 2.75) is 18.9 Å². The van der Waals surface area contributed by atoms with Gasteiger partial charge in [-0.3, -0.25) is 0 Å². The Hall–Kier alpha value is -1.80. The minimum Gasteiger partial charge on any atom is -0.496 e. The monoisotopic (exact) mass is 253 g/mol. The first kappa shape index (κ1) is 12.2. The summed E-state index contributed by atoms with van der Waals surface area (Å²) in [6, 6.07) is 16.7. The van der Waals surface area contributed by atoms with Crippen LogP contribution in [0.4, 0.5) is 0 Å². The van der Waals surface area contributed by atoms with Crippen molar-refractivity contribution in [2.75, 3.05) is 7.11 Å². The van der Waals surface area contributed by atoms with Gasteiger partial charge in [-0.25, -0.2) is 0 Å². The number of fused-ring (bicyclic) bond motifs is 1. The van der Waals surface area contributed by atoms with E-state index in [1.54, 1.807) is 7.11 Å². The summed E-state index contributed by atoms with van der Waals surface area (Å²) in [5.74, 6) is 1.36. The van der Waals surface area contributed by atoms with E-state index in [0.29, 0.717) is 5.92 Å². The Bertz CT molecular complexity index is 554. The molecule has 2 heteroatoms. The molecule has 1 atom stereocenters. The van der Waals surface area contributed by atoms with E-state index in [4.69, 9.17) is 10.5 Å². The average Bonchev–Trinajstić information content (AvgIpc) is 2.90. The molecule has 1 unspecified atom stereocenters. The number of hydrogen-bond acceptors (Lipinski definition) is 2. The Kier molecular flexibility index (Phi) is 3.26. The van der Waals surface area contributed by atoms with Crippen LogP contribution in [0.25, 0.3) is 0 Å². The van der Waals surface area contributed by atoms with Crippen LogP contribution < -0.4 is 10.5 Å². The van der Waals surface area contributed by atoms with Crippen LogP contribution in [0.5, 0.6) is 5.75 Å². The lowest BCUT2D eigenvalue weighted by Crippen LogP contribution is -2.22. The molecule has 0 aromatic heterocycles. The molecule has 19 heavy (non-hydrogen) atoms. The van der Waals surface area contributed by atoms with Gasteiger partial charge in [0.15, 0.2) is 0 Å². The third-order valence-corrected chi connectivity index (χ3v) is 4.09. The highest BCUT2D eigenvalue weighted by atomic mass is 16.5. The second kappa shape index (κ2) is 5.06. The number of hydrogen-bond donors (Lipinski definition) is 1. The number of nitrogens with two attached hydrogens (primary N) is 1. The average molecular weight is 253 g/mol. The van der Waals surface area contributed by atoms with E-state index in [1.807, 2.05) is 18.2 Å². The smallest absolute Gasteiger partial charge is 0.123 e. The fraction of sp³-hybridized carbons (Fsp3) is 0.294. The van der Waals surface area contributed by atoms with Gasteiger partial charge in [-0.2, -0.15) is 0 Å². The van der Waals surface area contributed by atoms with Gasteiger partial charge >= 0.3 is 0 Å². The van der Waals surface area contributed by atoms with Crippen molar-refractivity contribution in [1.29, 1.82) is 0 Å². The standard InChI is InChI=1S/C17H19NO/c1-19-16-9-5-4-8-15(16)17(18)14-10-12-6-2-3-7-13(12)11-14/h2-9,14,17H,10-11,18H2,1H3. The van der Waals surface area contributed by atoms with Crippen molar-refractivity contribution in [3.63, 3.8) is 0 Å². The largest absolute Gasteiger partial charge is 0.496 e. The Morgan fingerprint density at radius 3 is 2.21 bits per heavy atom. The molecule has 98 valence electrons. The number of ether oxygens (including phenoxy) is 1. The van der Waals surface area contributed by atoms with E-state index in [2.05, 4.69) is 30.3 Å². The Morgan fingerprint density at radius 2 is 1.58 bits per heavy atom. The maximum absolute atomic E-state index is 6.48. The molecule has 0 amide bonds. The summed E-state index contributed by atoms with van der Waals surface area (Å²) in [4.78, 5) is 0. The third-order valence-electron chi connectivity index (χ3n) is 4.09. The quantitative estimate of drug-likeness (QED) is 0.912. The first-order valence-electron chi connectivity index (χ1n) is 6.75. The van der Waals surface area contributed by atoms with Gasteiger partial charge in [-0.05, 0) is 36.0 Å². The van der Waals surface area contributed by atoms with Crippen LogP contribution in [0.2, 0.25) is 0 Å². The highest BCUT2D eigenvalue weighted by Crippen LogP contribution is 2.36. The lowest BCUT2D eigenvalue weighted by Gasteiger charge is -2.21. The van der Waals surface area contributed by atoms with Crippen LogP contribution in [0, 0.1) is 5.92 Å². The lowest BCUT2D eigenvalue weighted by molar-refractivity contribution is 0.387. The molecule has 2 aromatic carbocycles. The van der Waals surface area contributed by atoms with Gasteiger partial charge in [0, 0.05) is 11.6 Å². The molecule has 3 rings (SSSR count). The molecule has 0 bridgehead atoms. The number of rotatable bonds is 3. The van der Waals surface area contributed by atoms with Gasteiger partial charge < -0.3 is 10.5 Å². The third kappa shape index (κ3) is 2.24. The Balaban J connectivity index is 1.85. The van der Waals surface area contributed by atoms with Crippen LogP contribution in [0.15, 0.2) is 48.5 Å². The SMILES string of the molecule is COc1ccccc1C(N)C1Cc2ccccc2C1. The molecule has 2 aromatic rings. The first-order valence-corrected chi connectivity index (χ1v) is 6.75. The van der Waals surface area contributed by atoms with E-state index < -0.39 is 0 Å². The van der Waals surface area contributed by atoms with Crippen LogP contribution >= 0.6 is 0 Å². The molecule has 2 nitrogen and oxygen atoms in total. The van der Waals surface area contributed by atoms with E-state index in [0.717, 1.165) is 24.2 Å². The fourth-order valence-electron chi connectivity index (χ4n) is 3.04. The van der Waals surface area contributed by atoms with Crippen molar-refractivity contribution < 1.29 is 4.74 Å². The molecule has 0 fully saturated rings. The second-order valence-corrected chi connectivity index (χ2v) is 5.20. The van der Waals surface area contributed by atoms with Crippen LogP contribution in [-0.2, 0) is 12.8 Å². The maximum atomic E-state index is 6.48. The summed E-state index contributed by atoms with van der Waals surface area (Å²) >= 11 is 0. The summed E-state index contributed by atoms with van der Waals surface area (Å²) in [6.45, 7) is 0. The molecule has 0 radical (unpaired) electrons. The zero-order valence-corrected chi connectivity index (χ0v) is 11.2. The van der Waals surface area contributed by atoms with E-state index in [-0.39, 0.29) is 6.04 Å². The van der Waals surface area contributed by atoms with Gasteiger partial charge in [-0.1, -0.05) is 42.5 Å². The van der Waals surface area contributed by atoms with Gasteiger partial charge in [0.25, 0.3) is 0 Å². The molecular formula is C17H19NO. The first-order chi connectivity index (χ1) is 9.29. The Morgan fingerprint density at radius 1 is 1.00 bits per heavy atom. The summed E-state index contributed by atoms with van der Waals surface area (Å²) in [6.07, 6.45) is 2.13. The van der Waals surface area contributed by atoms with Gasteiger partial charge in [0.1, 0.15) is 5.75 Å². The molecule has 0 aliphatic heterocycles. The zero-order chi connectivity index (χ0) is 13.2. The van der Waals surface area contributed by atoms with Crippen LogP contribution in [-0.4, -0.2) is 7.11 Å². The number of benzene rings is 2. The van der Waals surface area contributed by atoms with Crippen LogP contribution in [0.1, 0.15) is 22.7 Å². The Labute approximate surface area is 114 Å². The normalized spacial score (nSPS) is 16.1. The van der Waals surface area contributed by atoms with Crippen molar-refractivity contribution in [1.82, 2.24) is 0 Å². The van der Waals surface area contributed by atoms with Crippen molar-refractivity contribution in [3.05, 3.63) is 65.2 Å². The van der Waals surface area contributed by atoms with E-state index in [9.17, 15) is 0 Å². The molecule has 0 spiro atoms. The summed E-state index contributed by atoms with van der Waals surface area (Å²) in [5, 5.41) is 0. The fourth-order valence-corrected chi connectivity index (χ4v) is 3.04. The molecule has 0 saturated heterocycles. The van der Waals surface area contributed by atoms with E-state index >= 15 is 0 Å². The predicted molar refractivity (Wildman–Crippen MR) is 77.3 cm³/mol. The highest BCUT2D eigenvalue weighted by molar-refractivity contribution is 5.39. The number of methoxy groups -OCH3 is 1. The zero-order valence-electron chi connectivity index (χ0n) is 11.2. The molecule has 1 aliphatic rings. The second-order valence-electron chi connectivity index (χ2n) is 5.20. The molecule has 0 heterocycles. The van der Waals surface area contributed by atoms with Crippen LogP contribution in [0.3, 0.4) is 0 Å². The summed E-state index contributed by atoms with van der Waals surface area (Å²) < 4.78 is 5.42. The van der Waals surface area contributed by atoms with Crippen molar-refractivity contribution in [3.8, 4) is 5.75 Å². The number of para-hydroxylation sites is 1. The highest BCUT2D eigenvalue weighted by Gasteiger charge is 2.28.